The molecule has 0 atom stereocenters. The van der Waals surface area contributed by atoms with E-state index in [1.165, 1.54) is 11.3 Å². The van der Waals surface area contributed by atoms with E-state index in [-0.39, 0.29) is 11.2 Å². The van der Waals surface area contributed by atoms with Crippen molar-refractivity contribution in [1.29, 1.82) is 0 Å². The summed E-state index contributed by atoms with van der Waals surface area (Å²) < 4.78 is 2.20. The van der Waals surface area contributed by atoms with Gasteiger partial charge in [-0.3, -0.25) is 5.01 Å². The van der Waals surface area contributed by atoms with Crippen molar-refractivity contribution >= 4 is 23.3 Å². The van der Waals surface area contributed by atoms with Gasteiger partial charge in [-0.1, -0.05) is 18.2 Å². The van der Waals surface area contributed by atoms with Crippen molar-refractivity contribution in [2.24, 2.45) is 5.10 Å². The Morgan fingerprint density at radius 3 is 2.39 bits per heavy atom. The van der Waals surface area contributed by atoms with Gasteiger partial charge in [-0.05, 0) is 38.1 Å². The maximum absolute atomic E-state index is 9.38. The molecule has 0 bridgehead atoms. The van der Waals surface area contributed by atoms with Crippen molar-refractivity contribution in [3.05, 3.63) is 54.1 Å². The molecule has 4 heteroatoms. The van der Waals surface area contributed by atoms with E-state index in [9.17, 15) is 5.11 Å². The summed E-state index contributed by atoms with van der Waals surface area (Å²) in [7, 11) is 3.98. The Kier molecular flexibility index (Phi) is 3.68. The van der Waals surface area contributed by atoms with E-state index >= 15 is 0 Å². The standard InChI is InChI=1S/C19H21N3O/c1-19(2)16-7-5-6-8-17(16)21(3)18(19)13-20-22(4)14-9-11-15(23)12-10-14/h5-13H,1-4H3/p+1. The molecule has 0 spiro atoms. The molecule has 3 rings (SSSR count). The van der Waals surface area contributed by atoms with Crippen LogP contribution in [0.25, 0.3) is 0 Å². The number of fused-ring (bicyclic) bond motifs is 1. The number of para-hydroxylation sites is 1. The van der Waals surface area contributed by atoms with Gasteiger partial charge in [-0.25, -0.2) is 0 Å². The highest BCUT2D eigenvalue weighted by Crippen LogP contribution is 2.38. The average molecular weight is 308 g/mol. The molecule has 2 aromatic rings. The second-order valence-electron chi connectivity index (χ2n) is 6.37. The fraction of sp³-hybridized carbons (Fsp3) is 0.263. The smallest absolute Gasteiger partial charge is 0.212 e. The molecule has 0 amide bonds. The molecule has 23 heavy (non-hydrogen) atoms. The first-order valence-corrected chi connectivity index (χ1v) is 7.68. The molecule has 0 saturated heterocycles. The third-order valence-corrected chi connectivity index (χ3v) is 4.52. The molecule has 0 unspecified atom stereocenters. The number of nitrogens with zero attached hydrogens (tertiary/aromatic N) is 3. The van der Waals surface area contributed by atoms with Gasteiger partial charge in [-0.2, -0.15) is 9.68 Å². The number of aromatic hydroxyl groups is 1. The van der Waals surface area contributed by atoms with E-state index in [0.717, 1.165) is 11.4 Å². The van der Waals surface area contributed by atoms with Gasteiger partial charge >= 0.3 is 0 Å². The molecule has 0 fully saturated rings. The lowest BCUT2D eigenvalue weighted by Gasteiger charge is -2.16. The number of anilines is 1. The molecule has 118 valence electrons. The van der Waals surface area contributed by atoms with E-state index in [2.05, 4.69) is 54.8 Å². The van der Waals surface area contributed by atoms with Crippen LogP contribution in [-0.2, 0) is 5.41 Å². The molecule has 4 nitrogen and oxygen atoms in total. The van der Waals surface area contributed by atoms with Crippen molar-refractivity contribution in [3.63, 3.8) is 0 Å². The summed E-state index contributed by atoms with van der Waals surface area (Å²) in [4.78, 5) is 0. The van der Waals surface area contributed by atoms with Crippen LogP contribution in [0.4, 0.5) is 11.4 Å². The lowest BCUT2D eigenvalue weighted by molar-refractivity contribution is -0.400. The van der Waals surface area contributed by atoms with Crippen molar-refractivity contribution in [2.45, 2.75) is 19.3 Å². The minimum atomic E-state index is -0.0787. The van der Waals surface area contributed by atoms with Gasteiger partial charge in [0.2, 0.25) is 11.4 Å². The SMILES string of the molecule is CN(N=CC1=[N+](C)c2ccccc2C1(C)C)c1ccc(O)cc1. The molecular weight excluding hydrogens is 286 g/mol. The zero-order valence-electron chi connectivity index (χ0n) is 14.0. The van der Waals surface area contributed by atoms with Crippen molar-refractivity contribution in [1.82, 2.24) is 0 Å². The zero-order chi connectivity index (χ0) is 16.6. The fourth-order valence-electron chi connectivity index (χ4n) is 3.11. The van der Waals surface area contributed by atoms with E-state index in [1.54, 1.807) is 17.1 Å². The molecule has 2 aromatic carbocycles. The van der Waals surface area contributed by atoms with Crippen LogP contribution in [0.15, 0.2) is 53.6 Å². The normalized spacial score (nSPS) is 16.0. The minimum absolute atomic E-state index is 0.0787. The van der Waals surface area contributed by atoms with E-state index in [0.29, 0.717) is 0 Å². The van der Waals surface area contributed by atoms with Gasteiger partial charge in [0.05, 0.1) is 11.1 Å². The predicted molar refractivity (Wildman–Crippen MR) is 95.3 cm³/mol. The summed E-state index contributed by atoms with van der Waals surface area (Å²) in [6.07, 6.45) is 1.92. The topological polar surface area (TPSA) is 38.8 Å². The Balaban J connectivity index is 1.91. The molecule has 0 aromatic heterocycles. The number of hydrogen-bond acceptors (Lipinski definition) is 3. The summed E-state index contributed by atoms with van der Waals surface area (Å²) in [5.41, 5.74) is 4.55. The summed E-state index contributed by atoms with van der Waals surface area (Å²) >= 11 is 0. The number of rotatable bonds is 3. The molecule has 0 radical (unpaired) electrons. The second kappa shape index (κ2) is 5.54. The second-order valence-corrected chi connectivity index (χ2v) is 6.37. The van der Waals surface area contributed by atoms with Crippen LogP contribution in [-0.4, -0.2) is 35.7 Å². The summed E-state index contributed by atoms with van der Waals surface area (Å²) in [6.45, 7) is 4.44. The Morgan fingerprint density at radius 1 is 1.09 bits per heavy atom. The molecule has 0 saturated carbocycles. The lowest BCUT2D eigenvalue weighted by Crippen LogP contribution is -2.30. The zero-order valence-corrected chi connectivity index (χ0v) is 14.0. The fourth-order valence-corrected chi connectivity index (χ4v) is 3.11. The Hall–Kier alpha value is -2.62. The summed E-state index contributed by atoms with van der Waals surface area (Å²) in [5.74, 6) is 0.257. The summed E-state index contributed by atoms with van der Waals surface area (Å²) in [6, 6.07) is 15.5. The predicted octanol–water partition coefficient (Wildman–Crippen LogP) is 3.52. The van der Waals surface area contributed by atoms with Gasteiger partial charge in [-0.15, -0.1) is 0 Å². The largest absolute Gasteiger partial charge is 0.508 e. The molecule has 0 aliphatic carbocycles. The molecule has 1 aliphatic rings. The number of hydrogen-bond donors (Lipinski definition) is 1. The highest BCUT2D eigenvalue weighted by Gasteiger charge is 2.43. The van der Waals surface area contributed by atoms with Crippen molar-refractivity contribution < 1.29 is 9.68 Å². The first-order chi connectivity index (χ1) is 10.9. The van der Waals surface area contributed by atoms with Gasteiger partial charge in [0.1, 0.15) is 19.0 Å². The van der Waals surface area contributed by atoms with Crippen molar-refractivity contribution in [2.75, 3.05) is 19.1 Å². The van der Waals surface area contributed by atoms with E-state index in [4.69, 9.17) is 0 Å². The Morgan fingerprint density at radius 2 is 1.74 bits per heavy atom. The van der Waals surface area contributed by atoms with Crippen LogP contribution >= 0.6 is 0 Å². The Labute approximate surface area is 137 Å². The van der Waals surface area contributed by atoms with E-state index < -0.39 is 0 Å². The molecule has 1 N–H and O–H groups in total. The summed E-state index contributed by atoms with van der Waals surface area (Å²) in [5, 5.41) is 15.8. The maximum Gasteiger partial charge on any atom is 0.212 e. The van der Waals surface area contributed by atoms with Crippen LogP contribution in [0.2, 0.25) is 0 Å². The monoisotopic (exact) mass is 308 g/mol. The van der Waals surface area contributed by atoms with Crippen molar-refractivity contribution in [3.8, 4) is 5.75 Å². The number of hydrazone groups is 1. The Bertz CT molecular complexity index is 789. The van der Waals surface area contributed by atoms with Crippen LogP contribution in [0.5, 0.6) is 5.75 Å². The quantitative estimate of drug-likeness (QED) is 0.535. The van der Waals surface area contributed by atoms with Gasteiger partial charge in [0.25, 0.3) is 0 Å². The first-order valence-electron chi connectivity index (χ1n) is 7.68. The first kappa shape index (κ1) is 15.3. The highest BCUT2D eigenvalue weighted by atomic mass is 16.3. The lowest BCUT2D eigenvalue weighted by atomic mass is 9.82. The third-order valence-electron chi connectivity index (χ3n) is 4.52. The van der Waals surface area contributed by atoms with Gasteiger partial charge in [0.15, 0.2) is 0 Å². The molecular formula is C19H22N3O+. The average Bonchev–Trinajstić information content (AvgIpc) is 2.73. The number of benzene rings is 2. The van der Waals surface area contributed by atoms with Crippen LogP contribution in [0.3, 0.4) is 0 Å². The molecule has 1 heterocycles. The number of phenols is 1. The third kappa shape index (κ3) is 2.61. The highest BCUT2D eigenvalue weighted by molar-refractivity contribution is 6.33. The van der Waals surface area contributed by atoms with Gasteiger partial charge in [0, 0.05) is 18.7 Å². The van der Waals surface area contributed by atoms with E-state index in [1.807, 2.05) is 25.4 Å². The molecule has 1 aliphatic heterocycles. The van der Waals surface area contributed by atoms with Crippen LogP contribution < -0.4 is 5.01 Å². The van der Waals surface area contributed by atoms with Crippen LogP contribution in [0.1, 0.15) is 19.4 Å². The maximum atomic E-state index is 9.38. The van der Waals surface area contributed by atoms with Crippen LogP contribution in [0, 0.1) is 0 Å². The number of phenolic OH excluding ortho intramolecular Hbond substituents is 1. The minimum Gasteiger partial charge on any atom is -0.508 e. The van der Waals surface area contributed by atoms with Gasteiger partial charge < -0.3 is 5.11 Å².